The minimum atomic E-state index is -1.55. The summed E-state index contributed by atoms with van der Waals surface area (Å²) in [6, 6.07) is 0. The first-order valence-electron chi connectivity index (χ1n) is 5.05. The van der Waals surface area contributed by atoms with Crippen LogP contribution in [-0.4, -0.2) is 34.7 Å². The summed E-state index contributed by atoms with van der Waals surface area (Å²) in [5, 5.41) is 9.51. The monoisotopic (exact) mass is 272 g/mol. The van der Waals surface area contributed by atoms with Gasteiger partial charge in [-0.15, -0.1) is 12.6 Å². The molecule has 0 radical (unpaired) electrons. The highest BCUT2D eigenvalue weighted by atomic mass is 32.1. The summed E-state index contributed by atoms with van der Waals surface area (Å²) in [6.45, 7) is 8.17. The van der Waals surface area contributed by atoms with Crippen LogP contribution in [0, 0.1) is 0 Å². The summed E-state index contributed by atoms with van der Waals surface area (Å²) in [6.07, 6.45) is 3.44. The van der Waals surface area contributed by atoms with Crippen LogP contribution in [0.25, 0.3) is 0 Å². The maximum Gasteiger partial charge on any atom is 0.331 e. The number of ether oxygens (including phenoxy) is 2. The third kappa shape index (κ3) is 6.93. The summed E-state index contributed by atoms with van der Waals surface area (Å²) in [4.78, 5) is 20.8. The first-order chi connectivity index (χ1) is 8.31. The Bertz CT molecular complexity index is 354. The molecule has 18 heavy (non-hydrogen) atoms. The first-order valence-corrected chi connectivity index (χ1v) is 5.49. The van der Waals surface area contributed by atoms with Gasteiger partial charge < -0.3 is 14.6 Å². The predicted molar refractivity (Wildman–Crippen MR) is 70.0 cm³/mol. The highest BCUT2D eigenvalue weighted by Gasteiger charge is 2.28. The molecule has 0 amide bonds. The Morgan fingerprint density at radius 1 is 1.39 bits per heavy atom. The molecule has 0 heterocycles. The van der Waals surface area contributed by atoms with Gasteiger partial charge in [0, 0.05) is 12.2 Å². The number of hydrogen-bond donors (Lipinski definition) is 2. The van der Waals surface area contributed by atoms with E-state index >= 15 is 0 Å². The van der Waals surface area contributed by atoms with Crippen LogP contribution in [0.2, 0.25) is 0 Å². The van der Waals surface area contributed by atoms with Gasteiger partial charge in [-0.1, -0.05) is 19.2 Å². The van der Waals surface area contributed by atoms with E-state index in [-0.39, 0.29) is 6.61 Å². The van der Waals surface area contributed by atoms with E-state index in [0.29, 0.717) is 0 Å². The van der Waals surface area contributed by atoms with E-state index in [9.17, 15) is 14.7 Å². The lowest BCUT2D eigenvalue weighted by atomic mass is 10.2. The summed E-state index contributed by atoms with van der Waals surface area (Å²) in [7, 11) is 0. The maximum absolute atomic E-state index is 11.3. The van der Waals surface area contributed by atoms with Gasteiger partial charge in [-0.05, 0) is 13.0 Å². The number of esters is 2. The molecule has 2 atom stereocenters. The molecule has 0 fully saturated rings. The summed E-state index contributed by atoms with van der Waals surface area (Å²) in [5.74, 6) is -1.51. The summed E-state index contributed by atoms with van der Waals surface area (Å²) in [5.41, 5.74) is 0. The van der Waals surface area contributed by atoms with Crippen molar-refractivity contribution in [3.63, 3.8) is 0 Å². The zero-order chi connectivity index (χ0) is 14.2. The van der Waals surface area contributed by atoms with Crippen molar-refractivity contribution < 1.29 is 24.2 Å². The molecule has 0 aliphatic heterocycles. The van der Waals surface area contributed by atoms with Crippen molar-refractivity contribution in [3.05, 3.63) is 37.5 Å². The third-order valence-corrected chi connectivity index (χ3v) is 1.95. The topological polar surface area (TPSA) is 72.8 Å². The number of carbonyl (C=O) groups excluding carboxylic acids is 2. The number of thiol groups is 1. The highest BCUT2D eigenvalue weighted by Crippen LogP contribution is 2.18. The Morgan fingerprint density at radius 3 is 2.39 bits per heavy atom. The number of carbonyl (C=O) groups is 2. The molecule has 0 bridgehead atoms. The largest absolute Gasteiger partial charge is 0.458 e. The normalized spacial score (nSPS) is 15.5. The van der Waals surface area contributed by atoms with Crippen LogP contribution in [0.5, 0.6) is 0 Å². The first kappa shape index (κ1) is 16.5. The van der Waals surface area contributed by atoms with Crippen LogP contribution in [0.3, 0.4) is 0 Å². The van der Waals surface area contributed by atoms with Crippen molar-refractivity contribution in [2.24, 2.45) is 0 Å². The van der Waals surface area contributed by atoms with Crippen LogP contribution < -0.4 is 0 Å². The number of hydrogen-bond acceptors (Lipinski definition) is 6. The van der Waals surface area contributed by atoms with Gasteiger partial charge in [-0.25, -0.2) is 9.59 Å². The van der Waals surface area contributed by atoms with E-state index in [2.05, 4.69) is 30.5 Å². The van der Waals surface area contributed by atoms with Gasteiger partial charge in [0.1, 0.15) is 11.5 Å². The second-order valence-electron chi connectivity index (χ2n) is 3.44. The fourth-order valence-corrected chi connectivity index (χ4v) is 1.03. The molecule has 0 aromatic rings. The van der Waals surface area contributed by atoms with Crippen LogP contribution in [0.4, 0.5) is 0 Å². The van der Waals surface area contributed by atoms with Gasteiger partial charge in [0.05, 0.1) is 0 Å². The van der Waals surface area contributed by atoms with Crippen molar-refractivity contribution in [2.75, 3.05) is 6.61 Å². The Balaban J connectivity index is 4.33. The molecule has 100 valence electrons. The predicted octanol–water partition coefficient (Wildman–Crippen LogP) is 1.01. The van der Waals surface area contributed by atoms with Crippen molar-refractivity contribution in [1.29, 1.82) is 0 Å². The Hall–Kier alpha value is -1.53. The van der Waals surface area contributed by atoms with Crippen molar-refractivity contribution in [1.82, 2.24) is 0 Å². The van der Waals surface area contributed by atoms with E-state index in [1.54, 1.807) is 0 Å². The molecule has 0 spiro atoms. The van der Waals surface area contributed by atoms with Crippen molar-refractivity contribution >= 4 is 24.6 Å². The average Bonchev–Trinajstić information content (AvgIpc) is 2.29. The molecular formula is C12H16O5S. The van der Waals surface area contributed by atoms with Crippen LogP contribution in [-0.2, 0) is 19.1 Å². The summed E-state index contributed by atoms with van der Waals surface area (Å²) < 4.78 is 9.42. The number of rotatable bonds is 7. The van der Waals surface area contributed by atoms with Crippen LogP contribution in [0.1, 0.15) is 6.92 Å². The molecule has 0 aliphatic rings. The van der Waals surface area contributed by atoms with Gasteiger partial charge >= 0.3 is 11.9 Å². The van der Waals surface area contributed by atoms with E-state index in [1.165, 1.54) is 19.1 Å². The molecule has 5 nitrogen and oxygen atoms in total. The van der Waals surface area contributed by atoms with Gasteiger partial charge in [0.2, 0.25) is 0 Å². The lowest BCUT2D eigenvalue weighted by molar-refractivity contribution is -0.147. The molecular weight excluding hydrogens is 256 g/mol. The smallest absolute Gasteiger partial charge is 0.331 e. The highest BCUT2D eigenvalue weighted by molar-refractivity contribution is 7.81. The molecule has 0 aliphatic carbocycles. The zero-order valence-electron chi connectivity index (χ0n) is 10.0. The molecule has 2 unspecified atom stereocenters. The third-order valence-electron chi connectivity index (χ3n) is 1.70. The molecule has 0 saturated carbocycles. The van der Waals surface area contributed by atoms with E-state index in [0.717, 1.165) is 12.2 Å². The standard InChI is InChI=1S/C12H16O5S/c1-4-8-16-10(13)6-7-11(14)17-9(5-2)12(3,15)18/h4-7,9,15,18H,1-2,8H2,3H3/b7-6+. The second-order valence-corrected chi connectivity index (χ2v) is 4.34. The molecule has 6 heteroatoms. The van der Waals surface area contributed by atoms with Crippen molar-refractivity contribution in [3.8, 4) is 0 Å². The SMILES string of the molecule is C=CCOC(=O)/C=C/C(=O)OC(C=C)C(C)(O)S. The van der Waals surface area contributed by atoms with Gasteiger partial charge in [0.15, 0.2) is 6.10 Å². The number of aliphatic hydroxyl groups is 1. The minimum Gasteiger partial charge on any atom is -0.458 e. The zero-order valence-corrected chi connectivity index (χ0v) is 10.9. The quantitative estimate of drug-likeness (QED) is 0.238. The van der Waals surface area contributed by atoms with Gasteiger partial charge in [-0.2, -0.15) is 0 Å². The molecule has 0 saturated heterocycles. The molecule has 0 rings (SSSR count). The Morgan fingerprint density at radius 2 is 1.94 bits per heavy atom. The van der Waals surface area contributed by atoms with Crippen LogP contribution in [0.15, 0.2) is 37.5 Å². The molecule has 0 aromatic carbocycles. The fraction of sp³-hybridized carbons (Fsp3) is 0.333. The minimum absolute atomic E-state index is 0.0544. The fourth-order valence-electron chi connectivity index (χ4n) is 0.873. The Kier molecular flexibility index (Phi) is 7.07. The lowest BCUT2D eigenvalue weighted by Gasteiger charge is -2.24. The van der Waals surface area contributed by atoms with Crippen molar-refractivity contribution in [2.45, 2.75) is 18.0 Å². The van der Waals surface area contributed by atoms with E-state index in [1.807, 2.05) is 0 Å². The lowest BCUT2D eigenvalue weighted by Crippen LogP contribution is -2.35. The average molecular weight is 272 g/mol. The maximum atomic E-state index is 11.3. The van der Waals surface area contributed by atoms with E-state index in [4.69, 9.17) is 4.74 Å². The molecule has 0 aromatic heterocycles. The molecule has 1 N–H and O–H groups in total. The summed E-state index contributed by atoms with van der Waals surface area (Å²) >= 11 is 3.84. The van der Waals surface area contributed by atoms with Crippen LogP contribution >= 0.6 is 12.6 Å². The van der Waals surface area contributed by atoms with Gasteiger partial charge in [0.25, 0.3) is 0 Å². The Labute approximate surface area is 111 Å². The van der Waals surface area contributed by atoms with E-state index < -0.39 is 23.0 Å². The second kappa shape index (κ2) is 7.73. The van der Waals surface area contributed by atoms with Gasteiger partial charge in [-0.3, -0.25) is 0 Å².